The Morgan fingerprint density at radius 2 is 1.31 bits per heavy atom. The van der Waals surface area contributed by atoms with Crippen molar-refractivity contribution in [1.29, 1.82) is 5.26 Å². The number of halogens is 2. The van der Waals surface area contributed by atoms with Crippen molar-refractivity contribution < 1.29 is 49.0 Å². The number of carboxylic acids is 2. The molecule has 8 rings (SSSR count). The number of carboxylic acid groups (broad SMARTS) is 2. The van der Waals surface area contributed by atoms with E-state index in [1.807, 2.05) is 12.1 Å². The maximum Gasteiger partial charge on any atom is 0.320 e. The van der Waals surface area contributed by atoms with Gasteiger partial charge in [0, 0.05) is 67.8 Å². The molecule has 0 unspecified atom stereocenters. The molecule has 17 heteroatoms. The summed E-state index contributed by atoms with van der Waals surface area (Å²) in [6.07, 6.45) is 9.02. The number of nitrogens with zero attached hydrogens (tertiary/aromatic N) is 4. The van der Waals surface area contributed by atoms with E-state index < -0.39 is 23.9 Å². The second-order valence-corrected chi connectivity index (χ2v) is 18.4. The third kappa shape index (κ3) is 12.1. The van der Waals surface area contributed by atoms with E-state index in [4.69, 9.17) is 48.7 Å². The maximum atomic E-state index is 11.9. The lowest BCUT2D eigenvalue weighted by molar-refractivity contribution is -0.142. The molecule has 0 bridgehead atoms. The summed E-state index contributed by atoms with van der Waals surface area (Å²) >= 11 is 13.9. The van der Waals surface area contributed by atoms with Crippen LogP contribution in [0, 0.1) is 23.8 Å². The molecule has 0 saturated heterocycles. The Morgan fingerprint density at radius 3 is 1.86 bits per heavy atom. The van der Waals surface area contributed by atoms with Crippen LogP contribution >= 0.6 is 23.2 Å². The summed E-state index contributed by atoms with van der Waals surface area (Å²) in [4.78, 5) is 35.6. The number of aliphatic carboxylic acids is 2. The minimum atomic E-state index is -1.10. The zero-order chi connectivity index (χ0) is 50.7. The van der Waals surface area contributed by atoms with Crippen LogP contribution < -0.4 is 24.3 Å². The molecule has 0 radical (unpaired) electrons. The van der Waals surface area contributed by atoms with Gasteiger partial charge in [0.25, 0.3) is 0 Å². The third-order valence-electron chi connectivity index (χ3n) is 13.0. The molecule has 6 aromatic rings. The number of aryl methyl sites for hydroxylation is 1. The Morgan fingerprint density at radius 1 is 0.736 bits per heavy atom. The number of hydrogen-bond donors (Lipinski definition) is 5. The lowest BCUT2D eigenvalue weighted by Crippen LogP contribution is -2.37. The van der Waals surface area contributed by atoms with Gasteiger partial charge in [-0.2, -0.15) is 5.26 Å². The fraction of sp³-hybridized carbons (Fsp3) is 0.309. The molecule has 0 spiro atoms. The summed E-state index contributed by atoms with van der Waals surface area (Å²) in [7, 11) is 0. The highest BCUT2D eigenvalue weighted by Gasteiger charge is 2.32. The first-order valence-electron chi connectivity index (χ1n) is 23.5. The standard InChI is InChI=1S/C55H51Cl2N5O10/c1-59-38-19-34(27-61-29-38)31-69-50-22-52(45(56)20-36(50)9-8-35(14-16-63)54(65)66)71-48-12-10-41-39(4-2-6-43(41)48)40-5-3-7-44-42(40)11-13-49(44)72-53-23-51(70-30-33-18-32(24-58)25-60-26-33)37(21-46(53)57)28-62-47(15-17-64)55(67)68/h2-7,18-23,25-27,29,35,47-49,62-64H,8-17,28,30-31H2,(H,65,66)(H,67,68)/t35-,47-,48-,49-/m0/s1. The Hall–Kier alpha value is -7.24. The average molecular weight is 1010 g/mol. The van der Waals surface area contributed by atoms with Crippen molar-refractivity contribution in [3.05, 3.63) is 169 Å². The van der Waals surface area contributed by atoms with Gasteiger partial charge in [0.1, 0.15) is 60.5 Å². The van der Waals surface area contributed by atoms with Crippen LogP contribution in [0.4, 0.5) is 5.69 Å². The molecule has 2 aliphatic rings. The number of nitrogens with one attached hydrogen (secondary N) is 1. The number of nitriles is 1. The summed E-state index contributed by atoms with van der Waals surface area (Å²) in [5.74, 6) is -1.20. The summed E-state index contributed by atoms with van der Waals surface area (Å²) in [5.41, 5.74) is 9.90. The van der Waals surface area contributed by atoms with Crippen LogP contribution in [0.25, 0.3) is 16.0 Å². The van der Waals surface area contributed by atoms with Gasteiger partial charge in [0.2, 0.25) is 5.69 Å². The summed E-state index contributed by atoms with van der Waals surface area (Å²) < 4.78 is 26.0. The van der Waals surface area contributed by atoms with Crippen LogP contribution in [0.1, 0.15) is 94.4 Å². The van der Waals surface area contributed by atoms with Gasteiger partial charge in [-0.15, -0.1) is 0 Å². The summed E-state index contributed by atoms with van der Waals surface area (Å²) in [5, 5.41) is 51.4. The molecule has 15 nitrogen and oxygen atoms in total. The first-order chi connectivity index (χ1) is 35.0. The number of rotatable bonds is 23. The highest BCUT2D eigenvalue weighted by molar-refractivity contribution is 6.32. The molecule has 5 N–H and O–H groups in total. The van der Waals surface area contributed by atoms with Crippen molar-refractivity contribution in [3.8, 4) is 40.2 Å². The van der Waals surface area contributed by atoms with Crippen LogP contribution in [0.3, 0.4) is 0 Å². The molecule has 0 fully saturated rings. The van der Waals surface area contributed by atoms with Crippen molar-refractivity contribution in [1.82, 2.24) is 15.3 Å². The zero-order valence-electron chi connectivity index (χ0n) is 39.0. The van der Waals surface area contributed by atoms with Crippen molar-refractivity contribution >= 4 is 40.8 Å². The van der Waals surface area contributed by atoms with Gasteiger partial charge >= 0.3 is 11.9 Å². The maximum absolute atomic E-state index is 11.9. The second-order valence-electron chi connectivity index (χ2n) is 17.6. The van der Waals surface area contributed by atoms with Gasteiger partial charge in [0.15, 0.2) is 0 Å². The Labute approximate surface area is 426 Å². The van der Waals surface area contributed by atoms with E-state index in [2.05, 4.69) is 50.5 Å². The lowest BCUT2D eigenvalue weighted by atomic mass is 9.91. The van der Waals surface area contributed by atoms with Gasteiger partial charge in [-0.25, -0.2) is 4.85 Å². The van der Waals surface area contributed by atoms with Crippen LogP contribution in [-0.2, 0) is 48.6 Å². The minimum Gasteiger partial charge on any atom is -0.488 e. The van der Waals surface area contributed by atoms with E-state index in [0.29, 0.717) is 85.8 Å². The van der Waals surface area contributed by atoms with E-state index in [9.17, 15) is 35.3 Å². The Balaban J connectivity index is 1.03. The molecule has 72 heavy (non-hydrogen) atoms. The Kier molecular flexibility index (Phi) is 16.9. The number of hydrogen-bond acceptors (Lipinski definition) is 12. The van der Waals surface area contributed by atoms with Gasteiger partial charge in [0.05, 0.1) is 28.1 Å². The quantitative estimate of drug-likeness (QED) is 0.0378. The first kappa shape index (κ1) is 51.1. The topological polar surface area (TPSA) is 218 Å². The highest BCUT2D eigenvalue weighted by atomic mass is 35.5. The van der Waals surface area contributed by atoms with E-state index >= 15 is 0 Å². The number of ether oxygens (including phenoxy) is 4. The third-order valence-corrected chi connectivity index (χ3v) is 13.5. The van der Waals surface area contributed by atoms with Gasteiger partial charge < -0.3 is 44.7 Å². The fourth-order valence-corrected chi connectivity index (χ4v) is 9.80. The highest BCUT2D eigenvalue weighted by Crippen LogP contribution is 2.47. The average Bonchev–Trinajstić information content (AvgIpc) is 4.00. The van der Waals surface area contributed by atoms with Gasteiger partial charge in [-0.3, -0.25) is 19.6 Å². The molecule has 2 aromatic heterocycles. The molecular formula is C55H51Cl2N5O10. The molecule has 4 atom stereocenters. The van der Waals surface area contributed by atoms with Gasteiger partial charge in [-0.05, 0) is 120 Å². The monoisotopic (exact) mass is 1010 g/mol. The van der Waals surface area contributed by atoms with Crippen LogP contribution in [-0.4, -0.2) is 61.6 Å². The van der Waals surface area contributed by atoms with Crippen molar-refractivity contribution in [2.24, 2.45) is 5.92 Å². The Bertz CT molecular complexity index is 2850. The minimum absolute atomic E-state index is 0.00684. The second kappa shape index (κ2) is 23.8. The zero-order valence-corrected chi connectivity index (χ0v) is 40.5. The number of aromatic nitrogens is 2. The van der Waals surface area contributed by atoms with Crippen molar-refractivity contribution in [3.63, 3.8) is 0 Å². The number of aliphatic hydroxyl groups excluding tert-OH is 2. The predicted molar refractivity (Wildman–Crippen MR) is 267 cm³/mol. The molecule has 4 aromatic carbocycles. The molecular weight excluding hydrogens is 962 g/mol. The summed E-state index contributed by atoms with van der Waals surface area (Å²) in [6, 6.07) is 23.8. The predicted octanol–water partition coefficient (Wildman–Crippen LogP) is 10.1. The fourth-order valence-electron chi connectivity index (χ4n) is 9.34. The summed E-state index contributed by atoms with van der Waals surface area (Å²) in [6.45, 7) is 7.06. The van der Waals surface area contributed by atoms with E-state index in [1.165, 1.54) is 12.4 Å². The molecule has 0 aliphatic heterocycles. The molecule has 2 heterocycles. The molecule has 2 aliphatic carbocycles. The molecule has 370 valence electrons. The van der Waals surface area contributed by atoms with Crippen LogP contribution in [0.2, 0.25) is 10.0 Å². The van der Waals surface area contributed by atoms with E-state index in [1.54, 1.807) is 48.8 Å². The first-order valence-corrected chi connectivity index (χ1v) is 24.3. The normalized spacial score (nSPS) is 15.4. The molecule has 0 saturated carbocycles. The molecule has 0 amide bonds. The number of aliphatic hydroxyl groups is 2. The lowest BCUT2D eigenvalue weighted by Gasteiger charge is -2.21. The largest absolute Gasteiger partial charge is 0.488 e. The smallest absolute Gasteiger partial charge is 0.320 e. The van der Waals surface area contributed by atoms with Crippen LogP contribution in [0.5, 0.6) is 23.0 Å². The van der Waals surface area contributed by atoms with Gasteiger partial charge in [-0.1, -0.05) is 59.6 Å². The van der Waals surface area contributed by atoms with E-state index in [-0.39, 0.29) is 64.4 Å². The number of carbonyl (C=O) groups is 2. The number of benzene rings is 4. The number of pyridine rings is 2. The SMILES string of the molecule is [C-]#[N+]c1cncc(COc2cc(O[C@H]3CCc4c(-c5cccc6c5CC[C@@H]6Oc5cc(OCc6cncc(C#N)c6)c(CN[C@@H](CCO)C(=O)O)cc5Cl)cccc43)c(Cl)cc2CC[C@@H](CCO)C(=O)O)c1. The van der Waals surface area contributed by atoms with E-state index in [0.717, 1.165) is 46.2 Å². The van der Waals surface area contributed by atoms with Crippen molar-refractivity contribution in [2.75, 3.05) is 13.2 Å². The van der Waals surface area contributed by atoms with Crippen molar-refractivity contribution in [2.45, 2.75) is 89.4 Å². The number of fused-ring (bicyclic) bond motifs is 2. The van der Waals surface area contributed by atoms with Crippen LogP contribution in [0.15, 0.2) is 97.6 Å².